The SMILES string of the molecule is O=C(O)c1cc(-c2n[nH]c3ccccc23)n[nH]1. The first kappa shape index (κ1) is 9.59. The number of fused-ring (bicyclic) bond motifs is 1. The number of hydrogen-bond acceptors (Lipinski definition) is 3. The van der Waals surface area contributed by atoms with Crippen molar-refractivity contribution in [3.05, 3.63) is 36.0 Å². The summed E-state index contributed by atoms with van der Waals surface area (Å²) in [5, 5.41) is 23.1. The van der Waals surface area contributed by atoms with Crippen LogP contribution in [0.25, 0.3) is 22.3 Å². The molecule has 2 heterocycles. The van der Waals surface area contributed by atoms with Gasteiger partial charge in [0.1, 0.15) is 17.1 Å². The van der Waals surface area contributed by atoms with Crippen molar-refractivity contribution >= 4 is 16.9 Å². The second kappa shape index (κ2) is 3.44. The van der Waals surface area contributed by atoms with E-state index in [4.69, 9.17) is 5.11 Å². The Morgan fingerprint density at radius 1 is 1.18 bits per heavy atom. The van der Waals surface area contributed by atoms with Crippen molar-refractivity contribution in [2.24, 2.45) is 0 Å². The molecule has 6 nitrogen and oxygen atoms in total. The van der Waals surface area contributed by atoms with Crippen LogP contribution in [-0.2, 0) is 0 Å². The molecular weight excluding hydrogens is 220 g/mol. The first-order valence-electron chi connectivity index (χ1n) is 4.98. The Kier molecular flexibility index (Phi) is 1.94. The van der Waals surface area contributed by atoms with E-state index < -0.39 is 5.97 Å². The molecule has 84 valence electrons. The number of aromatic nitrogens is 4. The van der Waals surface area contributed by atoms with Gasteiger partial charge in [-0.1, -0.05) is 18.2 Å². The molecule has 3 aromatic rings. The predicted octanol–water partition coefficient (Wildman–Crippen LogP) is 1.65. The fourth-order valence-corrected chi connectivity index (χ4v) is 1.71. The van der Waals surface area contributed by atoms with Crippen LogP contribution in [0.2, 0.25) is 0 Å². The summed E-state index contributed by atoms with van der Waals surface area (Å²) in [4.78, 5) is 10.7. The quantitative estimate of drug-likeness (QED) is 0.621. The van der Waals surface area contributed by atoms with Gasteiger partial charge in [-0.2, -0.15) is 10.2 Å². The fourth-order valence-electron chi connectivity index (χ4n) is 1.71. The van der Waals surface area contributed by atoms with E-state index in [-0.39, 0.29) is 5.69 Å². The average molecular weight is 228 g/mol. The van der Waals surface area contributed by atoms with Gasteiger partial charge in [-0.3, -0.25) is 10.2 Å². The summed E-state index contributed by atoms with van der Waals surface area (Å²) in [7, 11) is 0. The Bertz CT molecular complexity index is 698. The molecule has 0 radical (unpaired) electrons. The van der Waals surface area contributed by atoms with E-state index in [1.165, 1.54) is 6.07 Å². The maximum Gasteiger partial charge on any atom is 0.353 e. The van der Waals surface area contributed by atoms with E-state index in [1.807, 2.05) is 24.3 Å². The Morgan fingerprint density at radius 3 is 2.76 bits per heavy atom. The van der Waals surface area contributed by atoms with Crippen molar-refractivity contribution in [3.8, 4) is 11.4 Å². The molecule has 1 aromatic carbocycles. The molecule has 0 aliphatic carbocycles. The van der Waals surface area contributed by atoms with Crippen molar-refractivity contribution in [1.29, 1.82) is 0 Å². The highest BCUT2D eigenvalue weighted by atomic mass is 16.4. The number of nitrogens with zero attached hydrogens (tertiary/aromatic N) is 2. The normalized spacial score (nSPS) is 10.8. The van der Waals surface area contributed by atoms with Gasteiger partial charge in [0.05, 0.1) is 5.52 Å². The zero-order valence-corrected chi connectivity index (χ0v) is 8.64. The number of carbonyl (C=O) groups is 1. The summed E-state index contributed by atoms with van der Waals surface area (Å²) < 4.78 is 0. The average Bonchev–Trinajstić information content (AvgIpc) is 2.95. The number of benzene rings is 1. The Morgan fingerprint density at radius 2 is 2.00 bits per heavy atom. The van der Waals surface area contributed by atoms with Crippen LogP contribution in [0, 0.1) is 0 Å². The van der Waals surface area contributed by atoms with Gasteiger partial charge >= 0.3 is 5.97 Å². The van der Waals surface area contributed by atoms with E-state index in [0.717, 1.165) is 10.9 Å². The smallest absolute Gasteiger partial charge is 0.353 e. The van der Waals surface area contributed by atoms with Crippen LogP contribution in [-0.4, -0.2) is 31.5 Å². The van der Waals surface area contributed by atoms with Crippen LogP contribution >= 0.6 is 0 Å². The highest BCUT2D eigenvalue weighted by Gasteiger charge is 2.13. The molecule has 0 unspecified atom stereocenters. The van der Waals surface area contributed by atoms with E-state index in [1.54, 1.807) is 0 Å². The van der Waals surface area contributed by atoms with Gasteiger partial charge in [-0.15, -0.1) is 0 Å². The minimum absolute atomic E-state index is 0.0482. The van der Waals surface area contributed by atoms with Crippen LogP contribution in [0.15, 0.2) is 30.3 Å². The second-order valence-corrected chi connectivity index (χ2v) is 3.59. The predicted molar refractivity (Wildman–Crippen MR) is 60.6 cm³/mol. The molecule has 0 spiro atoms. The van der Waals surface area contributed by atoms with Gasteiger partial charge in [0.25, 0.3) is 0 Å². The van der Waals surface area contributed by atoms with E-state index in [0.29, 0.717) is 11.4 Å². The first-order valence-corrected chi connectivity index (χ1v) is 4.98. The van der Waals surface area contributed by atoms with Crippen LogP contribution < -0.4 is 0 Å². The maximum absolute atomic E-state index is 10.7. The Hall–Kier alpha value is -2.63. The lowest BCUT2D eigenvalue weighted by Crippen LogP contribution is -1.95. The molecular formula is C11H8N4O2. The van der Waals surface area contributed by atoms with Crippen LogP contribution in [0.3, 0.4) is 0 Å². The molecule has 3 rings (SSSR count). The highest BCUT2D eigenvalue weighted by Crippen LogP contribution is 2.24. The lowest BCUT2D eigenvalue weighted by Gasteiger charge is -1.90. The third-order valence-corrected chi connectivity index (χ3v) is 2.52. The van der Waals surface area contributed by atoms with E-state index >= 15 is 0 Å². The molecule has 0 aliphatic rings. The number of carboxylic acids is 1. The summed E-state index contributed by atoms with van der Waals surface area (Å²) in [5.74, 6) is -1.04. The molecule has 2 aromatic heterocycles. The third kappa shape index (κ3) is 1.46. The van der Waals surface area contributed by atoms with Gasteiger partial charge in [-0.05, 0) is 6.07 Å². The number of para-hydroxylation sites is 1. The monoisotopic (exact) mass is 228 g/mol. The van der Waals surface area contributed by atoms with E-state index in [9.17, 15) is 4.79 Å². The van der Waals surface area contributed by atoms with Crippen molar-refractivity contribution in [2.45, 2.75) is 0 Å². The molecule has 6 heteroatoms. The number of hydrogen-bond donors (Lipinski definition) is 3. The van der Waals surface area contributed by atoms with Crippen LogP contribution in [0.1, 0.15) is 10.5 Å². The van der Waals surface area contributed by atoms with Gasteiger partial charge in [0.15, 0.2) is 0 Å². The minimum Gasteiger partial charge on any atom is -0.477 e. The lowest BCUT2D eigenvalue weighted by atomic mass is 10.1. The minimum atomic E-state index is -1.04. The van der Waals surface area contributed by atoms with E-state index in [2.05, 4.69) is 20.4 Å². The molecule has 0 amide bonds. The second-order valence-electron chi connectivity index (χ2n) is 3.59. The number of rotatable bonds is 2. The third-order valence-electron chi connectivity index (χ3n) is 2.52. The highest BCUT2D eigenvalue weighted by molar-refractivity contribution is 5.93. The first-order chi connectivity index (χ1) is 8.25. The number of aromatic carboxylic acids is 1. The molecule has 0 atom stereocenters. The van der Waals surface area contributed by atoms with Crippen molar-refractivity contribution in [1.82, 2.24) is 20.4 Å². The van der Waals surface area contributed by atoms with Crippen LogP contribution in [0.4, 0.5) is 0 Å². The summed E-state index contributed by atoms with van der Waals surface area (Å²) in [6.45, 7) is 0. The molecule has 0 aliphatic heterocycles. The summed E-state index contributed by atoms with van der Waals surface area (Å²) in [5.41, 5.74) is 2.10. The molecule has 17 heavy (non-hydrogen) atoms. The molecule has 0 saturated heterocycles. The van der Waals surface area contributed by atoms with Crippen LogP contribution in [0.5, 0.6) is 0 Å². The fraction of sp³-hybridized carbons (Fsp3) is 0. The van der Waals surface area contributed by atoms with Gasteiger partial charge in [0.2, 0.25) is 0 Å². The summed E-state index contributed by atoms with van der Waals surface area (Å²) in [6.07, 6.45) is 0. The lowest BCUT2D eigenvalue weighted by molar-refractivity contribution is 0.0690. The Balaban J connectivity index is 2.17. The zero-order valence-electron chi connectivity index (χ0n) is 8.64. The topological polar surface area (TPSA) is 94.7 Å². The standard InChI is InChI=1S/C11H8N4O2/c16-11(17)9-5-8(13-14-9)10-6-3-1-2-4-7(6)12-15-10/h1-5H,(H,12,15)(H,13,14)(H,16,17). The Labute approximate surface area is 95.3 Å². The molecule has 3 N–H and O–H groups in total. The number of aromatic amines is 2. The largest absolute Gasteiger partial charge is 0.477 e. The number of carboxylic acid groups (broad SMARTS) is 1. The molecule has 0 saturated carbocycles. The van der Waals surface area contributed by atoms with Gasteiger partial charge in [0, 0.05) is 11.5 Å². The maximum atomic E-state index is 10.7. The van der Waals surface area contributed by atoms with Crippen molar-refractivity contribution in [2.75, 3.05) is 0 Å². The van der Waals surface area contributed by atoms with Crippen molar-refractivity contribution in [3.63, 3.8) is 0 Å². The number of nitrogens with one attached hydrogen (secondary N) is 2. The summed E-state index contributed by atoms with van der Waals surface area (Å²) >= 11 is 0. The molecule has 0 bridgehead atoms. The molecule has 0 fully saturated rings. The number of H-pyrrole nitrogens is 2. The summed E-state index contributed by atoms with van der Waals surface area (Å²) in [6, 6.07) is 9.06. The zero-order chi connectivity index (χ0) is 11.8. The van der Waals surface area contributed by atoms with Gasteiger partial charge in [-0.25, -0.2) is 4.79 Å². The van der Waals surface area contributed by atoms with Gasteiger partial charge < -0.3 is 5.11 Å². The van der Waals surface area contributed by atoms with Crippen molar-refractivity contribution < 1.29 is 9.90 Å².